The molecule has 2 aromatic carbocycles. The largest absolute Gasteiger partial charge is 0.497 e. The summed E-state index contributed by atoms with van der Waals surface area (Å²) in [5.41, 5.74) is 1.50. The number of hydrogen-bond acceptors (Lipinski definition) is 4. The molecule has 0 aliphatic heterocycles. The molecule has 0 fully saturated rings. The Morgan fingerprint density at radius 2 is 1.76 bits per heavy atom. The summed E-state index contributed by atoms with van der Waals surface area (Å²) in [7, 11) is 3.12. The highest BCUT2D eigenvalue weighted by Gasteiger charge is 2.07. The first-order valence-electron chi connectivity index (χ1n) is 8.10. The van der Waals surface area contributed by atoms with Gasteiger partial charge in [0.15, 0.2) is 0 Å². The van der Waals surface area contributed by atoms with E-state index in [2.05, 4.69) is 12.2 Å². The van der Waals surface area contributed by atoms with Gasteiger partial charge in [-0.3, -0.25) is 4.79 Å². The molecule has 2 aromatic rings. The molecule has 5 nitrogen and oxygen atoms in total. The predicted octanol–water partition coefficient (Wildman–Crippen LogP) is 4.14. The topological polar surface area (TPSA) is 56.8 Å². The standard InChI is InChI=1S/C20H23NO4/c1-4-13-25-16-8-5-15(6-9-16)7-12-20(22)21-18-11-10-17(23-2)14-19(18)24-3/h5-12,14H,4,13H2,1-3H3,(H,21,22)/b12-7+. The number of amides is 1. The Morgan fingerprint density at radius 3 is 2.40 bits per heavy atom. The van der Waals surface area contributed by atoms with Crippen molar-refractivity contribution in [2.24, 2.45) is 0 Å². The third kappa shape index (κ3) is 5.57. The number of anilines is 1. The molecule has 1 N–H and O–H groups in total. The van der Waals surface area contributed by atoms with Crippen LogP contribution in [-0.2, 0) is 4.79 Å². The Kier molecular flexibility index (Phi) is 6.89. The second-order valence-electron chi connectivity index (χ2n) is 5.31. The van der Waals surface area contributed by atoms with E-state index < -0.39 is 0 Å². The van der Waals surface area contributed by atoms with Gasteiger partial charge in [0.1, 0.15) is 17.2 Å². The molecule has 0 aliphatic carbocycles. The fourth-order valence-electron chi connectivity index (χ4n) is 2.14. The maximum absolute atomic E-state index is 12.1. The molecule has 0 bridgehead atoms. The summed E-state index contributed by atoms with van der Waals surface area (Å²) in [6, 6.07) is 12.8. The quantitative estimate of drug-likeness (QED) is 0.733. The van der Waals surface area contributed by atoms with Crippen molar-refractivity contribution in [3.8, 4) is 17.2 Å². The molecule has 0 saturated carbocycles. The molecule has 0 saturated heterocycles. The summed E-state index contributed by atoms with van der Waals surface area (Å²) in [6.07, 6.45) is 4.19. The lowest BCUT2D eigenvalue weighted by Crippen LogP contribution is -2.09. The minimum atomic E-state index is -0.241. The molecule has 0 heterocycles. The smallest absolute Gasteiger partial charge is 0.248 e. The van der Waals surface area contributed by atoms with Gasteiger partial charge < -0.3 is 19.5 Å². The van der Waals surface area contributed by atoms with Crippen LogP contribution in [0.25, 0.3) is 6.08 Å². The van der Waals surface area contributed by atoms with E-state index in [-0.39, 0.29) is 5.91 Å². The Labute approximate surface area is 148 Å². The first kappa shape index (κ1) is 18.4. The van der Waals surface area contributed by atoms with Gasteiger partial charge in [-0.15, -0.1) is 0 Å². The molecule has 0 radical (unpaired) electrons. The SMILES string of the molecule is CCCOc1ccc(/C=C/C(=O)Nc2ccc(OC)cc2OC)cc1. The number of carbonyl (C=O) groups excluding carboxylic acids is 1. The van der Waals surface area contributed by atoms with Crippen LogP contribution in [0.5, 0.6) is 17.2 Å². The maximum atomic E-state index is 12.1. The lowest BCUT2D eigenvalue weighted by molar-refractivity contribution is -0.111. The monoisotopic (exact) mass is 341 g/mol. The zero-order valence-electron chi connectivity index (χ0n) is 14.7. The predicted molar refractivity (Wildman–Crippen MR) is 99.4 cm³/mol. The summed E-state index contributed by atoms with van der Waals surface area (Å²) in [5.74, 6) is 1.79. The fraction of sp³-hybridized carbons (Fsp3) is 0.250. The second-order valence-corrected chi connectivity index (χ2v) is 5.31. The molecule has 132 valence electrons. The maximum Gasteiger partial charge on any atom is 0.248 e. The first-order valence-corrected chi connectivity index (χ1v) is 8.10. The molecule has 0 unspecified atom stereocenters. The van der Waals surface area contributed by atoms with Gasteiger partial charge in [0.2, 0.25) is 5.91 Å². The summed E-state index contributed by atoms with van der Waals surface area (Å²) >= 11 is 0. The van der Waals surface area contributed by atoms with Crippen molar-refractivity contribution in [3.63, 3.8) is 0 Å². The number of hydrogen-bond donors (Lipinski definition) is 1. The van der Waals surface area contributed by atoms with Crippen molar-refractivity contribution in [2.45, 2.75) is 13.3 Å². The number of ether oxygens (including phenoxy) is 3. The van der Waals surface area contributed by atoms with Gasteiger partial charge >= 0.3 is 0 Å². The summed E-state index contributed by atoms with van der Waals surface area (Å²) in [6.45, 7) is 2.76. The molecular weight excluding hydrogens is 318 g/mol. The highest BCUT2D eigenvalue weighted by molar-refractivity contribution is 6.02. The Bertz CT molecular complexity index is 723. The third-order valence-electron chi connectivity index (χ3n) is 3.45. The summed E-state index contributed by atoms with van der Waals surface area (Å²) in [4.78, 5) is 12.1. The highest BCUT2D eigenvalue weighted by Crippen LogP contribution is 2.29. The molecular formula is C20H23NO4. The van der Waals surface area contributed by atoms with E-state index in [1.807, 2.05) is 24.3 Å². The van der Waals surface area contributed by atoms with Crippen LogP contribution in [0.3, 0.4) is 0 Å². The minimum absolute atomic E-state index is 0.241. The van der Waals surface area contributed by atoms with Gasteiger partial charge in [-0.1, -0.05) is 19.1 Å². The van der Waals surface area contributed by atoms with Crippen molar-refractivity contribution in [2.75, 3.05) is 26.1 Å². The van der Waals surface area contributed by atoms with E-state index in [9.17, 15) is 4.79 Å². The molecule has 1 amide bonds. The van der Waals surface area contributed by atoms with Crippen molar-refractivity contribution < 1.29 is 19.0 Å². The van der Waals surface area contributed by atoms with E-state index >= 15 is 0 Å². The molecule has 0 spiro atoms. The number of rotatable bonds is 8. The van der Waals surface area contributed by atoms with Crippen LogP contribution in [-0.4, -0.2) is 26.7 Å². The fourth-order valence-corrected chi connectivity index (χ4v) is 2.14. The lowest BCUT2D eigenvalue weighted by Gasteiger charge is -2.10. The van der Waals surface area contributed by atoms with Gasteiger partial charge in [-0.2, -0.15) is 0 Å². The van der Waals surface area contributed by atoms with Crippen molar-refractivity contribution in [1.82, 2.24) is 0 Å². The van der Waals surface area contributed by atoms with Gasteiger partial charge in [0.05, 0.1) is 26.5 Å². The molecule has 0 aromatic heterocycles. The first-order chi connectivity index (χ1) is 12.2. The van der Waals surface area contributed by atoms with Gasteiger partial charge in [-0.05, 0) is 42.3 Å². The molecule has 0 atom stereocenters. The van der Waals surface area contributed by atoms with Gasteiger partial charge in [0.25, 0.3) is 0 Å². The number of benzene rings is 2. The third-order valence-corrected chi connectivity index (χ3v) is 3.45. The molecule has 0 aliphatic rings. The van der Waals surface area contributed by atoms with Crippen molar-refractivity contribution >= 4 is 17.7 Å². The Hall–Kier alpha value is -2.95. The van der Waals surface area contributed by atoms with Crippen LogP contribution < -0.4 is 19.5 Å². The second kappa shape index (κ2) is 9.37. The lowest BCUT2D eigenvalue weighted by atomic mass is 10.2. The Morgan fingerprint density at radius 1 is 1.04 bits per heavy atom. The van der Waals surface area contributed by atoms with E-state index in [4.69, 9.17) is 14.2 Å². The molecule has 25 heavy (non-hydrogen) atoms. The van der Waals surface area contributed by atoms with Crippen molar-refractivity contribution in [1.29, 1.82) is 0 Å². The van der Waals surface area contributed by atoms with Crippen LogP contribution in [0.15, 0.2) is 48.5 Å². The summed E-state index contributed by atoms with van der Waals surface area (Å²) < 4.78 is 15.9. The normalized spacial score (nSPS) is 10.5. The van der Waals surface area contributed by atoms with E-state index in [0.717, 1.165) is 17.7 Å². The number of methoxy groups -OCH3 is 2. The average Bonchev–Trinajstić information content (AvgIpc) is 2.65. The van der Waals surface area contributed by atoms with Crippen LogP contribution in [0, 0.1) is 0 Å². The number of carbonyl (C=O) groups is 1. The highest BCUT2D eigenvalue weighted by atomic mass is 16.5. The van der Waals surface area contributed by atoms with Crippen LogP contribution in [0.4, 0.5) is 5.69 Å². The summed E-state index contributed by atoms with van der Waals surface area (Å²) in [5, 5.41) is 2.79. The van der Waals surface area contributed by atoms with Crippen LogP contribution in [0.1, 0.15) is 18.9 Å². The molecule has 5 heteroatoms. The minimum Gasteiger partial charge on any atom is -0.497 e. The van der Waals surface area contributed by atoms with Crippen molar-refractivity contribution in [3.05, 3.63) is 54.1 Å². The van der Waals surface area contributed by atoms with Gasteiger partial charge in [0, 0.05) is 12.1 Å². The Balaban J connectivity index is 1.98. The average molecular weight is 341 g/mol. The molecule has 2 rings (SSSR count). The van der Waals surface area contributed by atoms with E-state index in [0.29, 0.717) is 23.8 Å². The zero-order valence-corrected chi connectivity index (χ0v) is 14.7. The number of nitrogens with one attached hydrogen (secondary N) is 1. The zero-order chi connectivity index (χ0) is 18.1. The van der Waals surface area contributed by atoms with E-state index in [1.54, 1.807) is 38.5 Å². The van der Waals surface area contributed by atoms with Gasteiger partial charge in [-0.25, -0.2) is 0 Å². The van der Waals surface area contributed by atoms with Crippen LogP contribution in [0.2, 0.25) is 0 Å². The van der Waals surface area contributed by atoms with E-state index in [1.165, 1.54) is 6.08 Å². The van der Waals surface area contributed by atoms with Crippen LogP contribution >= 0.6 is 0 Å².